The zero-order valence-corrected chi connectivity index (χ0v) is 19.2. The highest BCUT2D eigenvalue weighted by Gasteiger charge is 2.56. The quantitative estimate of drug-likeness (QED) is 0.524. The lowest BCUT2D eigenvalue weighted by Gasteiger charge is -2.46. The van der Waals surface area contributed by atoms with Crippen molar-refractivity contribution < 1.29 is 14.3 Å². The number of hydrogen-bond donors (Lipinski definition) is 0. The lowest BCUT2D eigenvalue weighted by Crippen LogP contribution is -2.53. The predicted octanol–water partition coefficient (Wildman–Crippen LogP) is 4.79. The van der Waals surface area contributed by atoms with Crippen LogP contribution in [0.15, 0.2) is 89.1 Å². The summed E-state index contributed by atoms with van der Waals surface area (Å²) >= 11 is 1.30. The third kappa shape index (κ3) is 3.25. The van der Waals surface area contributed by atoms with Gasteiger partial charge >= 0.3 is 5.97 Å². The van der Waals surface area contributed by atoms with E-state index < -0.39 is 11.0 Å². The predicted molar refractivity (Wildman–Crippen MR) is 132 cm³/mol. The first-order valence-electron chi connectivity index (χ1n) is 10.4. The van der Waals surface area contributed by atoms with Crippen LogP contribution >= 0.6 is 11.8 Å². The van der Waals surface area contributed by atoms with Crippen LogP contribution in [-0.4, -0.2) is 30.9 Å². The number of anilines is 2. The normalized spacial score (nSPS) is 19.1. The molecule has 166 valence electrons. The van der Waals surface area contributed by atoms with Gasteiger partial charge in [0.05, 0.1) is 25.6 Å². The van der Waals surface area contributed by atoms with Crippen LogP contribution < -0.4 is 14.8 Å². The fourth-order valence-electron chi connectivity index (χ4n) is 4.12. The maximum atomic E-state index is 12.7. The largest absolute Gasteiger partial charge is 0.495 e. The fourth-order valence-corrected chi connectivity index (χ4v) is 5.43. The number of thioether (sulfide) groups is 1. The molecule has 2 aliphatic rings. The molecule has 0 aromatic heterocycles. The third-order valence-corrected chi connectivity index (χ3v) is 6.89. The summed E-state index contributed by atoms with van der Waals surface area (Å²) in [6, 6.07) is 25.5. The van der Waals surface area contributed by atoms with Crippen LogP contribution in [0.5, 0.6) is 5.75 Å². The van der Waals surface area contributed by atoms with Crippen LogP contribution in [0.4, 0.5) is 11.4 Å². The van der Waals surface area contributed by atoms with Crippen molar-refractivity contribution in [2.75, 3.05) is 24.2 Å². The molecule has 2 aliphatic heterocycles. The van der Waals surface area contributed by atoms with Gasteiger partial charge in [0.2, 0.25) is 10.0 Å². The van der Waals surface area contributed by atoms with E-state index >= 15 is 0 Å². The van der Waals surface area contributed by atoms with E-state index in [0.29, 0.717) is 11.4 Å². The Bertz CT molecular complexity index is 1280. The van der Waals surface area contributed by atoms with Crippen molar-refractivity contribution in [1.82, 2.24) is 0 Å². The molecule has 1 spiro atoms. The molecule has 0 amide bonds. The van der Waals surface area contributed by atoms with E-state index in [1.165, 1.54) is 18.9 Å². The van der Waals surface area contributed by atoms with Gasteiger partial charge < -0.3 is 9.47 Å². The lowest BCUT2D eigenvalue weighted by atomic mass is 9.98. The van der Waals surface area contributed by atoms with Crippen LogP contribution in [0.1, 0.15) is 18.1 Å². The number of carbonyl (C=O) groups is 1. The Balaban J connectivity index is 1.83. The van der Waals surface area contributed by atoms with Crippen molar-refractivity contribution in [2.24, 2.45) is 10.2 Å². The van der Waals surface area contributed by atoms with Crippen LogP contribution in [0, 0.1) is 0 Å². The lowest BCUT2D eigenvalue weighted by molar-refractivity contribution is -0.132. The molecular weight excluding hydrogens is 436 g/mol. The van der Waals surface area contributed by atoms with Gasteiger partial charge in [-0.1, -0.05) is 54.6 Å². The minimum atomic E-state index is -1.02. The zero-order chi connectivity index (χ0) is 23.0. The van der Waals surface area contributed by atoms with Crippen LogP contribution in [0.2, 0.25) is 0 Å². The first-order chi connectivity index (χ1) is 16.1. The number of hydrazone groups is 2. The Morgan fingerprint density at radius 1 is 0.879 bits per heavy atom. The Hall–Kier alpha value is -3.78. The molecule has 0 aliphatic carbocycles. The number of carbonyl (C=O) groups excluding carboxylic acids is 1. The third-order valence-electron chi connectivity index (χ3n) is 5.60. The number of rotatable bonds is 4. The summed E-state index contributed by atoms with van der Waals surface area (Å²) in [5.74, 6) is 0.123. The van der Waals surface area contributed by atoms with E-state index in [-0.39, 0.29) is 5.04 Å². The Morgan fingerprint density at radius 2 is 1.58 bits per heavy atom. The van der Waals surface area contributed by atoms with Crippen molar-refractivity contribution in [3.63, 3.8) is 0 Å². The molecule has 3 aromatic carbocycles. The summed E-state index contributed by atoms with van der Waals surface area (Å²) in [5.41, 5.74) is 4.38. The van der Waals surface area contributed by atoms with Gasteiger partial charge in [-0.3, -0.25) is 0 Å². The van der Waals surface area contributed by atoms with E-state index in [9.17, 15) is 4.79 Å². The van der Waals surface area contributed by atoms with Gasteiger partial charge in [0.15, 0.2) is 0 Å². The average Bonchev–Trinajstić information content (AvgIpc) is 3.27. The first-order valence-corrected chi connectivity index (χ1v) is 11.2. The summed E-state index contributed by atoms with van der Waals surface area (Å²) < 4.78 is 10.7. The summed E-state index contributed by atoms with van der Waals surface area (Å²) in [4.78, 5) is 11.7. The average molecular weight is 459 g/mol. The van der Waals surface area contributed by atoms with Gasteiger partial charge in [-0.25, -0.2) is 14.8 Å². The van der Waals surface area contributed by atoms with Gasteiger partial charge in [0.25, 0.3) is 0 Å². The highest BCUT2D eigenvalue weighted by atomic mass is 32.2. The van der Waals surface area contributed by atoms with Crippen molar-refractivity contribution in [1.29, 1.82) is 0 Å². The molecule has 0 fully saturated rings. The van der Waals surface area contributed by atoms with E-state index in [1.54, 1.807) is 7.11 Å². The molecule has 33 heavy (non-hydrogen) atoms. The number of esters is 1. The minimum Gasteiger partial charge on any atom is -0.495 e. The smallest absolute Gasteiger partial charge is 0.365 e. The molecule has 0 bridgehead atoms. The van der Waals surface area contributed by atoms with Crippen LogP contribution in [0.25, 0.3) is 0 Å². The van der Waals surface area contributed by atoms with Crippen molar-refractivity contribution in [3.05, 3.63) is 90.0 Å². The summed E-state index contributed by atoms with van der Waals surface area (Å²) in [7, 11) is 2.97. The maximum Gasteiger partial charge on any atom is 0.365 e. The van der Waals surface area contributed by atoms with Crippen molar-refractivity contribution in [3.8, 4) is 5.75 Å². The number of hydrogen-bond acceptors (Lipinski definition) is 8. The molecular formula is C25H22N4O3S. The van der Waals surface area contributed by atoms with Crippen molar-refractivity contribution >= 4 is 39.9 Å². The van der Waals surface area contributed by atoms with Gasteiger partial charge in [0, 0.05) is 11.1 Å². The van der Waals surface area contributed by atoms with Gasteiger partial charge in [-0.05, 0) is 43.0 Å². The number of methoxy groups -OCH3 is 2. The van der Waals surface area contributed by atoms with E-state index in [0.717, 1.165) is 22.5 Å². The maximum absolute atomic E-state index is 12.7. The monoisotopic (exact) mass is 458 g/mol. The second-order valence-corrected chi connectivity index (χ2v) is 8.63. The van der Waals surface area contributed by atoms with E-state index in [1.807, 2.05) is 89.7 Å². The number of nitrogens with zero attached hydrogens (tertiary/aromatic N) is 4. The fraction of sp³-hybridized carbons (Fsp3) is 0.160. The number of benzene rings is 3. The molecule has 3 aromatic rings. The first kappa shape index (κ1) is 21.1. The molecule has 0 radical (unpaired) electrons. The molecule has 0 saturated heterocycles. The Kier molecular flexibility index (Phi) is 5.30. The molecule has 0 saturated carbocycles. The molecule has 2 heterocycles. The Morgan fingerprint density at radius 3 is 2.33 bits per heavy atom. The Labute approximate surface area is 196 Å². The van der Waals surface area contributed by atoms with Crippen molar-refractivity contribution in [2.45, 2.75) is 11.9 Å². The van der Waals surface area contributed by atoms with Crippen LogP contribution in [0.3, 0.4) is 0 Å². The number of fused-ring (bicyclic) bond motifs is 2. The molecule has 0 N–H and O–H groups in total. The highest BCUT2D eigenvalue weighted by molar-refractivity contribution is 8.16. The zero-order valence-electron chi connectivity index (χ0n) is 18.4. The van der Waals surface area contributed by atoms with Gasteiger partial charge in [-0.15, -0.1) is 0 Å². The number of ether oxygens (including phenoxy) is 2. The highest BCUT2D eigenvalue weighted by Crippen LogP contribution is 2.55. The van der Waals surface area contributed by atoms with Gasteiger partial charge in [0.1, 0.15) is 11.4 Å². The molecule has 5 rings (SSSR count). The minimum absolute atomic E-state index is 0.230. The second kappa shape index (κ2) is 8.29. The van der Waals surface area contributed by atoms with Gasteiger partial charge in [-0.2, -0.15) is 10.2 Å². The summed E-state index contributed by atoms with van der Waals surface area (Å²) in [6.07, 6.45) is 0. The topological polar surface area (TPSA) is 66.7 Å². The van der Waals surface area contributed by atoms with E-state index in [4.69, 9.17) is 19.7 Å². The summed E-state index contributed by atoms with van der Waals surface area (Å²) in [6.45, 7) is 1.98. The molecule has 7 nitrogen and oxygen atoms in total. The molecule has 1 atom stereocenters. The van der Waals surface area contributed by atoms with Crippen LogP contribution in [-0.2, 0) is 14.5 Å². The number of para-hydroxylation sites is 3. The SMILES string of the molecule is COC(=O)C1=NN(c2ccccc2OC)[C@]2(S1)c1ccccc1C(C)=NN2c1ccccc1. The standard InChI is InChI=1S/C25H22N4O3S/c1-17-19-13-7-8-14-20(19)25(28(26-17)18-11-5-4-6-12-18)29(27-23(33-25)24(30)32-3)21-15-9-10-16-22(21)31-2/h4-16H,1-3H3/t25-/m0/s1. The van der Waals surface area contributed by atoms with E-state index in [2.05, 4.69) is 6.07 Å². The molecule has 0 unspecified atom stereocenters. The second-order valence-electron chi connectivity index (χ2n) is 7.47. The summed E-state index contributed by atoms with van der Waals surface area (Å²) in [5, 5.41) is 13.7. The molecule has 8 heteroatoms.